The number of aryl methyl sites for hydroxylation is 1. The Balaban J connectivity index is 1.80. The molecule has 0 amide bonds. The van der Waals surface area contributed by atoms with Crippen molar-refractivity contribution in [1.82, 2.24) is 0 Å². The quantitative estimate of drug-likeness (QED) is 0.826. The molecule has 0 unspecified atom stereocenters. The molecular weight excluding hydrogens is 222 g/mol. The molecule has 1 fully saturated rings. The number of ether oxygens (including phenoxy) is 1. The monoisotopic (exact) mass is 247 g/mol. The summed E-state index contributed by atoms with van der Waals surface area (Å²) in [5.74, 6) is 0. The van der Waals surface area contributed by atoms with Crippen LogP contribution in [0.25, 0.3) is 0 Å². The molecule has 1 saturated carbocycles. The van der Waals surface area contributed by atoms with Gasteiger partial charge in [0.1, 0.15) is 0 Å². The smallest absolute Gasteiger partial charge is 0.0717 e. The first-order valence-electron chi connectivity index (χ1n) is 7.10. The third-order valence-corrected chi connectivity index (χ3v) is 3.84. The number of nitrogens with two attached hydrogens (primary N) is 1. The zero-order chi connectivity index (χ0) is 12.8. The first-order chi connectivity index (χ1) is 8.68. The second kappa shape index (κ2) is 6.35. The molecule has 1 aromatic rings. The van der Waals surface area contributed by atoms with Gasteiger partial charge in [-0.2, -0.15) is 0 Å². The van der Waals surface area contributed by atoms with Crippen LogP contribution in [0.5, 0.6) is 0 Å². The van der Waals surface area contributed by atoms with E-state index >= 15 is 0 Å². The van der Waals surface area contributed by atoms with Crippen molar-refractivity contribution < 1.29 is 4.74 Å². The third-order valence-electron chi connectivity index (χ3n) is 3.84. The minimum Gasteiger partial charge on any atom is -0.375 e. The zero-order valence-electron chi connectivity index (χ0n) is 11.5. The van der Waals surface area contributed by atoms with E-state index in [1.807, 2.05) is 0 Å². The van der Waals surface area contributed by atoms with Crippen LogP contribution >= 0.6 is 0 Å². The van der Waals surface area contributed by atoms with Gasteiger partial charge in [-0.1, -0.05) is 55.5 Å². The van der Waals surface area contributed by atoms with Crippen molar-refractivity contribution in [3.8, 4) is 0 Å². The average molecular weight is 247 g/mol. The molecule has 0 aromatic heterocycles. The fraction of sp³-hybridized carbons (Fsp3) is 0.625. The summed E-state index contributed by atoms with van der Waals surface area (Å²) >= 11 is 0. The highest BCUT2D eigenvalue weighted by Gasteiger charge is 2.26. The van der Waals surface area contributed by atoms with Crippen molar-refractivity contribution in [3.05, 3.63) is 35.4 Å². The van der Waals surface area contributed by atoms with Crippen LogP contribution in [0.2, 0.25) is 0 Å². The van der Waals surface area contributed by atoms with Crippen LogP contribution < -0.4 is 5.73 Å². The summed E-state index contributed by atoms with van der Waals surface area (Å²) in [5, 5.41) is 0. The van der Waals surface area contributed by atoms with Gasteiger partial charge in [0.25, 0.3) is 0 Å². The predicted molar refractivity (Wildman–Crippen MR) is 75.5 cm³/mol. The third kappa shape index (κ3) is 4.11. The van der Waals surface area contributed by atoms with Gasteiger partial charge >= 0.3 is 0 Å². The maximum Gasteiger partial charge on any atom is 0.0717 e. The standard InChI is InChI=1S/C16H25NO/c1-14-7-6-8-15(11-14)12-18-13-16(17)9-4-2-3-5-10-16/h6-8,11H,2-5,9-10,12-13,17H2,1H3. The zero-order valence-corrected chi connectivity index (χ0v) is 11.5. The molecule has 0 radical (unpaired) electrons. The Bertz CT molecular complexity index is 367. The molecule has 1 aromatic carbocycles. The van der Waals surface area contributed by atoms with Crippen LogP contribution in [0, 0.1) is 6.92 Å². The lowest BCUT2D eigenvalue weighted by Crippen LogP contribution is -2.43. The molecule has 0 heterocycles. The lowest BCUT2D eigenvalue weighted by Gasteiger charge is -2.27. The highest BCUT2D eigenvalue weighted by molar-refractivity contribution is 5.21. The summed E-state index contributed by atoms with van der Waals surface area (Å²) < 4.78 is 5.85. The van der Waals surface area contributed by atoms with Gasteiger partial charge < -0.3 is 10.5 Å². The van der Waals surface area contributed by atoms with E-state index in [0.717, 1.165) is 12.8 Å². The van der Waals surface area contributed by atoms with Crippen molar-refractivity contribution in [2.45, 2.75) is 57.6 Å². The summed E-state index contributed by atoms with van der Waals surface area (Å²) in [6.07, 6.45) is 7.39. The van der Waals surface area contributed by atoms with Crippen LogP contribution in [0.1, 0.15) is 49.7 Å². The lowest BCUT2D eigenvalue weighted by molar-refractivity contribution is 0.0667. The summed E-state index contributed by atoms with van der Waals surface area (Å²) in [6, 6.07) is 8.48. The molecule has 18 heavy (non-hydrogen) atoms. The molecule has 0 spiro atoms. The van der Waals surface area contributed by atoms with E-state index in [0.29, 0.717) is 13.2 Å². The van der Waals surface area contributed by atoms with Crippen molar-refractivity contribution >= 4 is 0 Å². The van der Waals surface area contributed by atoms with Crippen molar-refractivity contribution in [3.63, 3.8) is 0 Å². The topological polar surface area (TPSA) is 35.2 Å². The lowest BCUT2D eigenvalue weighted by atomic mass is 9.92. The van der Waals surface area contributed by atoms with Crippen LogP contribution in [0.4, 0.5) is 0 Å². The molecule has 2 heteroatoms. The molecule has 1 aliphatic carbocycles. The SMILES string of the molecule is Cc1cccc(COCC2(N)CCCCCC2)c1. The summed E-state index contributed by atoms with van der Waals surface area (Å²) in [7, 11) is 0. The normalized spacial score (nSPS) is 19.4. The molecule has 0 bridgehead atoms. The van der Waals surface area contributed by atoms with E-state index in [1.165, 1.54) is 36.8 Å². The summed E-state index contributed by atoms with van der Waals surface area (Å²) in [5.41, 5.74) is 8.87. The highest BCUT2D eigenvalue weighted by atomic mass is 16.5. The second-order valence-corrected chi connectivity index (χ2v) is 5.76. The Morgan fingerprint density at radius 1 is 1.17 bits per heavy atom. The van der Waals surface area contributed by atoms with Crippen molar-refractivity contribution in [2.24, 2.45) is 5.73 Å². The Kier molecular flexibility index (Phi) is 4.79. The summed E-state index contributed by atoms with van der Waals surface area (Å²) in [4.78, 5) is 0. The second-order valence-electron chi connectivity index (χ2n) is 5.76. The molecule has 0 saturated heterocycles. The van der Waals surface area contributed by atoms with Gasteiger partial charge in [0.2, 0.25) is 0 Å². The van der Waals surface area contributed by atoms with E-state index in [4.69, 9.17) is 10.5 Å². The molecule has 0 atom stereocenters. The Hall–Kier alpha value is -0.860. The van der Waals surface area contributed by atoms with Gasteiger partial charge in [0.05, 0.1) is 13.2 Å². The first kappa shape index (κ1) is 13.6. The van der Waals surface area contributed by atoms with Crippen LogP contribution in [0.15, 0.2) is 24.3 Å². The first-order valence-corrected chi connectivity index (χ1v) is 7.10. The van der Waals surface area contributed by atoms with Crippen molar-refractivity contribution in [1.29, 1.82) is 0 Å². The predicted octanol–water partition coefficient (Wildman–Crippen LogP) is 3.56. The average Bonchev–Trinajstić information content (AvgIpc) is 2.55. The molecule has 100 valence electrons. The fourth-order valence-corrected chi connectivity index (χ4v) is 2.75. The van der Waals surface area contributed by atoms with Gasteiger partial charge in [0, 0.05) is 5.54 Å². The molecule has 1 aliphatic rings. The van der Waals surface area contributed by atoms with Gasteiger partial charge in [-0.3, -0.25) is 0 Å². The molecule has 0 aliphatic heterocycles. The van der Waals surface area contributed by atoms with Crippen LogP contribution in [-0.4, -0.2) is 12.1 Å². The maximum absolute atomic E-state index is 6.43. The number of benzene rings is 1. The highest BCUT2D eigenvalue weighted by Crippen LogP contribution is 2.25. The Labute approximate surface area is 111 Å². The van der Waals surface area contributed by atoms with E-state index in [1.54, 1.807) is 0 Å². The number of hydrogen-bond donors (Lipinski definition) is 1. The van der Waals surface area contributed by atoms with E-state index < -0.39 is 0 Å². The van der Waals surface area contributed by atoms with E-state index in [-0.39, 0.29) is 5.54 Å². The molecular formula is C16H25NO. The Morgan fingerprint density at radius 3 is 2.56 bits per heavy atom. The largest absolute Gasteiger partial charge is 0.375 e. The summed E-state index contributed by atoms with van der Waals surface area (Å²) in [6.45, 7) is 3.49. The van der Waals surface area contributed by atoms with Crippen LogP contribution in [0.3, 0.4) is 0 Å². The minimum atomic E-state index is -0.0830. The Morgan fingerprint density at radius 2 is 1.89 bits per heavy atom. The van der Waals surface area contributed by atoms with Crippen molar-refractivity contribution in [2.75, 3.05) is 6.61 Å². The maximum atomic E-state index is 6.43. The minimum absolute atomic E-state index is 0.0830. The number of rotatable bonds is 4. The van der Waals surface area contributed by atoms with Gasteiger partial charge in [-0.25, -0.2) is 0 Å². The molecule has 2 N–H and O–H groups in total. The van der Waals surface area contributed by atoms with Gasteiger partial charge in [-0.15, -0.1) is 0 Å². The van der Waals surface area contributed by atoms with E-state index in [2.05, 4.69) is 31.2 Å². The molecule has 2 rings (SSSR count). The fourth-order valence-electron chi connectivity index (χ4n) is 2.75. The van der Waals surface area contributed by atoms with E-state index in [9.17, 15) is 0 Å². The van der Waals surface area contributed by atoms with Gasteiger partial charge in [0.15, 0.2) is 0 Å². The van der Waals surface area contributed by atoms with Crippen LogP contribution in [-0.2, 0) is 11.3 Å². The van der Waals surface area contributed by atoms with Gasteiger partial charge in [-0.05, 0) is 25.3 Å². The number of hydrogen-bond acceptors (Lipinski definition) is 2. The molecule has 2 nitrogen and oxygen atoms in total.